The molecule has 2 aliphatic rings. The second-order valence-electron chi connectivity index (χ2n) is 11.4. The van der Waals surface area contributed by atoms with Gasteiger partial charge in [-0.25, -0.2) is 4.98 Å². The van der Waals surface area contributed by atoms with Crippen molar-refractivity contribution >= 4 is 65.3 Å². The highest BCUT2D eigenvalue weighted by Gasteiger charge is 2.29. The van der Waals surface area contributed by atoms with Crippen molar-refractivity contribution in [3.05, 3.63) is 77.7 Å². The maximum Gasteiger partial charge on any atom is 0.145 e. The first kappa shape index (κ1) is 23.0. The van der Waals surface area contributed by atoms with Gasteiger partial charge in [0.15, 0.2) is 0 Å². The molecule has 0 aliphatic carbocycles. The summed E-state index contributed by atoms with van der Waals surface area (Å²) in [6, 6.07) is 22.3. The van der Waals surface area contributed by atoms with Gasteiger partial charge in [0, 0.05) is 39.3 Å². The summed E-state index contributed by atoms with van der Waals surface area (Å²) in [5.74, 6) is 2.86. The summed E-state index contributed by atoms with van der Waals surface area (Å²) in [4.78, 5) is 14.8. The van der Waals surface area contributed by atoms with Crippen molar-refractivity contribution in [3.8, 4) is 16.2 Å². The highest BCUT2D eigenvalue weighted by molar-refractivity contribution is 7.22. The number of hydrogen-bond donors (Lipinski definition) is 1. The van der Waals surface area contributed by atoms with Crippen LogP contribution in [0.15, 0.2) is 71.4 Å². The SMILES string of the molecule is CC(C)C1=NC2=C(C1)c1ccc3cc(-c4ccc5c(c4)c4ccccc4c4nc(C(C)C)[nH]c54)sc3c1OC2. The van der Waals surface area contributed by atoms with E-state index in [-0.39, 0.29) is 0 Å². The summed E-state index contributed by atoms with van der Waals surface area (Å²) in [5, 5.41) is 6.14. The predicted molar refractivity (Wildman–Crippen MR) is 165 cm³/mol. The second-order valence-corrected chi connectivity index (χ2v) is 12.5. The van der Waals surface area contributed by atoms with E-state index in [1.165, 1.54) is 58.9 Å². The van der Waals surface area contributed by atoms with E-state index < -0.39 is 0 Å². The van der Waals surface area contributed by atoms with Crippen molar-refractivity contribution in [1.82, 2.24) is 9.97 Å². The summed E-state index contributed by atoms with van der Waals surface area (Å²) in [6.07, 6.45) is 0.936. The van der Waals surface area contributed by atoms with Gasteiger partial charge >= 0.3 is 0 Å². The Morgan fingerprint density at radius 2 is 1.72 bits per heavy atom. The van der Waals surface area contributed by atoms with E-state index in [1.54, 1.807) is 0 Å². The minimum absolute atomic E-state index is 0.344. The normalized spacial score (nSPS) is 15.2. The highest BCUT2D eigenvalue weighted by atomic mass is 32.1. The molecule has 0 spiro atoms. The largest absolute Gasteiger partial charge is 0.485 e. The molecule has 0 bridgehead atoms. The van der Waals surface area contributed by atoms with Gasteiger partial charge in [0.25, 0.3) is 0 Å². The van der Waals surface area contributed by atoms with Crippen LogP contribution in [0, 0.1) is 5.92 Å². The fourth-order valence-electron chi connectivity index (χ4n) is 6.13. The second kappa shape index (κ2) is 8.27. The zero-order valence-corrected chi connectivity index (χ0v) is 23.4. The van der Waals surface area contributed by atoms with Crippen LogP contribution in [-0.2, 0) is 0 Å². The Hall–Kier alpha value is -3.96. The van der Waals surface area contributed by atoms with Crippen LogP contribution in [-0.4, -0.2) is 22.3 Å². The number of aromatic nitrogens is 2. The molecular formula is C34H29N3OS. The molecule has 0 unspecified atom stereocenters. The number of hydrogen-bond acceptors (Lipinski definition) is 4. The molecule has 0 saturated heterocycles. The molecule has 0 radical (unpaired) electrons. The van der Waals surface area contributed by atoms with Crippen LogP contribution < -0.4 is 4.74 Å². The average molecular weight is 528 g/mol. The lowest BCUT2D eigenvalue weighted by Crippen LogP contribution is -2.08. The number of ether oxygens (including phenoxy) is 1. The summed E-state index contributed by atoms with van der Waals surface area (Å²) in [5.41, 5.74) is 8.34. The molecule has 2 aliphatic heterocycles. The van der Waals surface area contributed by atoms with Crippen molar-refractivity contribution in [2.75, 3.05) is 6.61 Å². The van der Waals surface area contributed by atoms with Gasteiger partial charge in [-0.05, 0) is 45.3 Å². The summed E-state index contributed by atoms with van der Waals surface area (Å²) < 4.78 is 7.58. The van der Waals surface area contributed by atoms with E-state index in [4.69, 9.17) is 14.7 Å². The number of nitrogens with one attached hydrogen (secondary N) is 1. The summed E-state index contributed by atoms with van der Waals surface area (Å²) in [7, 11) is 0. The molecule has 4 aromatic carbocycles. The quantitative estimate of drug-likeness (QED) is 0.233. The van der Waals surface area contributed by atoms with Crippen molar-refractivity contribution < 1.29 is 4.74 Å². The van der Waals surface area contributed by atoms with Crippen LogP contribution in [0.5, 0.6) is 5.75 Å². The number of nitrogens with zero attached hydrogens (tertiary/aromatic N) is 2. The topological polar surface area (TPSA) is 50.3 Å². The number of allylic oxidation sites excluding steroid dienone is 1. The molecule has 39 heavy (non-hydrogen) atoms. The number of aliphatic imine (C=N–C) groups is 1. The van der Waals surface area contributed by atoms with E-state index in [9.17, 15) is 0 Å². The van der Waals surface area contributed by atoms with E-state index in [0.717, 1.165) is 34.7 Å². The zero-order chi connectivity index (χ0) is 26.4. The van der Waals surface area contributed by atoms with Crippen LogP contribution >= 0.6 is 11.3 Å². The number of aromatic amines is 1. The third kappa shape index (κ3) is 3.36. The summed E-state index contributed by atoms with van der Waals surface area (Å²) >= 11 is 1.83. The number of imidazole rings is 1. The maximum atomic E-state index is 6.36. The number of fused-ring (bicyclic) bond motifs is 10. The van der Waals surface area contributed by atoms with Crippen molar-refractivity contribution in [2.45, 2.75) is 40.0 Å². The van der Waals surface area contributed by atoms with Crippen LogP contribution in [0.3, 0.4) is 0 Å². The zero-order valence-electron chi connectivity index (χ0n) is 22.6. The van der Waals surface area contributed by atoms with Crippen molar-refractivity contribution in [1.29, 1.82) is 0 Å². The van der Waals surface area contributed by atoms with Crippen LogP contribution in [0.4, 0.5) is 0 Å². The number of rotatable bonds is 3. The molecule has 0 saturated carbocycles. The molecule has 192 valence electrons. The Bertz CT molecular complexity index is 2050. The molecule has 4 nitrogen and oxygen atoms in total. The molecule has 2 aromatic heterocycles. The molecule has 4 heterocycles. The van der Waals surface area contributed by atoms with Crippen LogP contribution in [0.2, 0.25) is 0 Å². The Labute approximate surface area is 231 Å². The molecule has 1 N–H and O–H groups in total. The smallest absolute Gasteiger partial charge is 0.145 e. The lowest BCUT2D eigenvalue weighted by Gasteiger charge is -2.19. The van der Waals surface area contributed by atoms with Crippen LogP contribution in [0.25, 0.3) is 58.7 Å². The van der Waals surface area contributed by atoms with Gasteiger partial charge in [0.2, 0.25) is 0 Å². The van der Waals surface area contributed by atoms with Gasteiger partial charge in [0.05, 0.1) is 21.4 Å². The Balaban J connectivity index is 1.29. The van der Waals surface area contributed by atoms with Gasteiger partial charge in [-0.2, -0.15) is 0 Å². The maximum absolute atomic E-state index is 6.36. The van der Waals surface area contributed by atoms with E-state index in [2.05, 4.69) is 93.3 Å². The Morgan fingerprint density at radius 1 is 0.872 bits per heavy atom. The lowest BCUT2D eigenvalue weighted by atomic mass is 9.94. The third-order valence-electron chi connectivity index (χ3n) is 8.29. The lowest BCUT2D eigenvalue weighted by molar-refractivity contribution is 0.350. The first-order valence-electron chi connectivity index (χ1n) is 13.8. The van der Waals surface area contributed by atoms with Crippen LogP contribution in [0.1, 0.15) is 51.4 Å². The molecule has 0 amide bonds. The van der Waals surface area contributed by atoms with Gasteiger partial charge in [0.1, 0.15) is 18.2 Å². The Morgan fingerprint density at radius 3 is 2.54 bits per heavy atom. The van der Waals surface area contributed by atoms with E-state index >= 15 is 0 Å². The first-order valence-corrected chi connectivity index (χ1v) is 14.6. The monoisotopic (exact) mass is 527 g/mol. The minimum Gasteiger partial charge on any atom is -0.485 e. The molecule has 8 rings (SSSR count). The van der Waals surface area contributed by atoms with Crippen molar-refractivity contribution in [3.63, 3.8) is 0 Å². The fourth-order valence-corrected chi connectivity index (χ4v) is 7.28. The predicted octanol–water partition coefficient (Wildman–Crippen LogP) is 9.48. The molecular weight excluding hydrogens is 498 g/mol. The standard InChI is InChI=1S/C34H29N3OS/c1-17(2)27-15-26-24-12-10-20-14-29(39-33(20)32(24)38-16-28(26)35-27)19-9-11-23-25(13-19)21-7-5-6-8-22(21)30-31(23)37-34(36-30)18(3)4/h5-14,17-18H,15-16H2,1-4H3,(H,36,37). The third-order valence-corrected chi connectivity index (χ3v) is 9.48. The minimum atomic E-state index is 0.344. The van der Waals surface area contributed by atoms with Gasteiger partial charge in [-0.1, -0.05) is 76.2 Å². The Kier molecular flexibility index (Phi) is 4.87. The van der Waals surface area contributed by atoms with Gasteiger partial charge in [-0.15, -0.1) is 11.3 Å². The molecule has 0 fully saturated rings. The average Bonchev–Trinajstić information content (AvgIpc) is 3.69. The van der Waals surface area contributed by atoms with Gasteiger partial charge in [-0.3, -0.25) is 4.99 Å². The molecule has 0 atom stereocenters. The first-order chi connectivity index (χ1) is 19.0. The number of thiophene rings is 1. The fraction of sp³-hybridized carbons (Fsp3) is 0.235. The summed E-state index contributed by atoms with van der Waals surface area (Å²) in [6.45, 7) is 9.38. The van der Waals surface area contributed by atoms with Crippen molar-refractivity contribution in [2.24, 2.45) is 10.9 Å². The molecule has 6 aromatic rings. The number of H-pyrrole nitrogens is 1. The van der Waals surface area contributed by atoms with E-state index in [1.807, 2.05) is 11.3 Å². The number of benzene rings is 4. The van der Waals surface area contributed by atoms with E-state index in [0.29, 0.717) is 18.4 Å². The van der Waals surface area contributed by atoms with Gasteiger partial charge < -0.3 is 9.72 Å². The highest BCUT2D eigenvalue weighted by Crippen LogP contribution is 2.48. The molecule has 5 heteroatoms.